The van der Waals surface area contributed by atoms with Gasteiger partial charge in [-0.25, -0.2) is 0 Å². The monoisotopic (exact) mass is 667 g/mol. The number of benzene rings is 9. The van der Waals surface area contributed by atoms with E-state index in [1.807, 2.05) is 11.3 Å². The van der Waals surface area contributed by atoms with Gasteiger partial charge in [-0.1, -0.05) is 115 Å². The van der Waals surface area contributed by atoms with Crippen molar-refractivity contribution in [1.82, 2.24) is 0 Å². The van der Waals surface area contributed by atoms with Gasteiger partial charge in [0.25, 0.3) is 0 Å². The second-order valence-electron chi connectivity index (χ2n) is 13.3. The zero-order chi connectivity index (χ0) is 33.5. The zero-order valence-electron chi connectivity index (χ0n) is 27.5. The molecule has 0 aliphatic rings. The Balaban J connectivity index is 1.09. The van der Waals surface area contributed by atoms with Crippen LogP contribution in [0.15, 0.2) is 180 Å². The molecule has 0 amide bonds. The summed E-state index contributed by atoms with van der Waals surface area (Å²) in [5, 5.41) is 12.4. The highest BCUT2D eigenvalue weighted by atomic mass is 32.1. The first-order valence-corrected chi connectivity index (χ1v) is 18.1. The van der Waals surface area contributed by atoms with Crippen LogP contribution in [-0.2, 0) is 0 Å². The second-order valence-corrected chi connectivity index (χ2v) is 14.4. The first-order valence-electron chi connectivity index (χ1n) is 17.3. The van der Waals surface area contributed by atoms with Crippen molar-refractivity contribution in [1.29, 1.82) is 0 Å². The molecule has 2 heterocycles. The molecular formula is C48H29NOS. The molecule has 0 unspecified atom stereocenters. The third-order valence-electron chi connectivity index (χ3n) is 10.4. The Morgan fingerprint density at radius 2 is 1.06 bits per heavy atom. The number of furan rings is 1. The summed E-state index contributed by atoms with van der Waals surface area (Å²) in [6, 6.07) is 63.6. The van der Waals surface area contributed by atoms with E-state index < -0.39 is 0 Å². The van der Waals surface area contributed by atoms with Gasteiger partial charge in [0.1, 0.15) is 11.2 Å². The Labute approximate surface area is 298 Å². The van der Waals surface area contributed by atoms with Crippen LogP contribution in [-0.4, -0.2) is 0 Å². The van der Waals surface area contributed by atoms with E-state index in [1.165, 1.54) is 69.0 Å². The normalized spacial score (nSPS) is 11.9. The number of hydrogen-bond donors (Lipinski definition) is 0. The summed E-state index contributed by atoms with van der Waals surface area (Å²) in [6.07, 6.45) is 0. The van der Waals surface area contributed by atoms with Gasteiger partial charge in [0.05, 0.1) is 5.69 Å². The van der Waals surface area contributed by atoms with Crippen molar-refractivity contribution in [2.75, 3.05) is 4.90 Å². The average molecular weight is 668 g/mol. The third-order valence-corrected chi connectivity index (χ3v) is 11.6. The molecule has 0 N–H and O–H groups in total. The van der Waals surface area contributed by atoms with E-state index in [1.54, 1.807) is 0 Å². The minimum Gasteiger partial charge on any atom is -0.456 e. The van der Waals surface area contributed by atoms with E-state index in [2.05, 4.69) is 181 Å². The van der Waals surface area contributed by atoms with Gasteiger partial charge in [0.2, 0.25) is 0 Å². The van der Waals surface area contributed by atoms with Gasteiger partial charge < -0.3 is 9.32 Å². The van der Waals surface area contributed by atoms with Gasteiger partial charge in [-0.15, -0.1) is 11.3 Å². The number of hydrogen-bond acceptors (Lipinski definition) is 3. The Hall–Kier alpha value is -6.42. The standard InChI is InChI=1S/C48H29NOS/c1-2-11-34-28-35(17-16-30(34)8-1)31-18-21-36(22-19-31)49(42-15-7-12-32-9-3-5-13-38(32)42)37-23-24-40-44(29-37)50-43-26-25-41-46-39-14-6-4-10-33(39)20-27-45(46)51-48(41)47(40)43/h1-29H. The summed E-state index contributed by atoms with van der Waals surface area (Å²) in [4.78, 5) is 2.36. The predicted molar refractivity (Wildman–Crippen MR) is 219 cm³/mol. The summed E-state index contributed by atoms with van der Waals surface area (Å²) in [5.74, 6) is 0. The van der Waals surface area contributed by atoms with Gasteiger partial charge in [-0.05, 0) is 92.7 Å². The van der Waals surface area contributed by atoms with Crippen molar-refractivity contribution in [2.45, 2.75) is 0 Å². The van der Waals surface area contributed by atoms with E-state index in [4.69, 9.17) is 4.42 Å². The van der Waals surface area contributed by atoms with Crippen LogP contribution in [0.5, 0.6) is 0 Å². The minimum atomic E-state index is 0.885. The van der Waals surface area contributed by atoms with E-state index in [-0.39, 0.29) is 0 Å². The average Bonchev–Trinajstić information content (AvgIpc) is 3.76. The molecule has 0 saturated heterocycles. The van der Waals surface area contributed by atoms with E-state index in [0.29, 0.717) is 0 Å². The van der Waals surface area contributed by atoms with Crippen LogP contribution in [0, 0.1) is 0 Å². The zero-order valence-corrected chi connectivity index (χ0v) is 28.3. The van der Waals surface area contributed by atoms with Crippen LogP contribution < -0.4 is 4.90 Å². The highest BCUT2D eigenvalue weighted by Crippen LogP contribution is 2.46. The minimum absolute atomic E-state index is 0.885. The SMILES string of the molecule is c1ccc2cc(-c3ccc(N(c4ccc5c(c4)oc4ccc6c(sc7ccc8ccccc8c76)c45)c4cccc5ccccc45)cc3)ccc2c1. The van der Waals surface area contributed by atoms with Crippen LogP contribution in [0.4, 0.5) is 17.1 Å². The predicted octanol–water partition coefficient (Wildman–Crippen LogP) is 14.6. The molecule has 9 aromatic carbocycles. The summed E-state index contributed by atoms with van der Waals surface area (Å²) in [5.41, 5.74) is 7.47. The second kappa shape index (κ2) is 11.0. The highest BCUT2D eigenvalue weighted by Gasteiger charge is 2.20. The van der Waals surface area contributed by atoms with Gasteiger partial charge in [-0.3, -0.25) is 0 Å². The molecule has 2 nitrogen and oxygen atoms in total. The lowest BCUT2D eigenvalue weighted by atomic mass is 10.0. The van der Waals surface area contributed by atoms with Gasteiger partial charge in [0, 0.05) is 53.8 Å². The number of nitrogens with zero attached hydrogens (tertiary/aromatic N) is 1. The summed E-state index contributed by atoms with van der Waals surface area (Å²) in [7, 11) is 0. The first kappa shape index (κ1) is 28.4. The summed E-state index contributed by atoms with van der Waals surface area (Å²) < 4.78 is 9.27. The molecule has 0 spiro atoms. The Morgan fingerprint density at radius 3 is 1.92 bits per heavy atom. The van der Waals surface area contributed by atoms with Crippen molar-refractivity contribution >= 4 is 103 Å². The number of anilines is 3. The lowest BCUT2D eigenvalue weighted by Crippen LogP contribution is -2.10. The molecular weight excluding hydrogens is 639 g/mol. The molecule has 0 atom stereocenters. The van der Waals surface area contributed by atoms with E-state index >= 15 is 0 Å². The molecule has 2 aromatic heterocycles. The molecule has 0 fully saturated rings. The molecule has 238 valence electrons. The van der Waals surface area contributed by atoms with Crippen molar-refractivity contribution in [3.8, 4) is 11.1 Å². The summed E-state index contributed by atoms with van der Waals surface area (Å²) in [6.45, 7) is 0. The lowest BCUT2D eigenvalue weighted by Gasteiger charge is -2.27. The molecule has 0 radical (unpaired) electrons. The highest BCUT2D eigenvalue weighted by molar-refractivity contribution is 7.27. The fourth-order valence-corrected chi connectivity index (χ4v) is 9.26. The maximum Gasteiger partial charge on any atom is 0.137 e. The van der Waals surface area contributed by atoms with Crippen LogP contribution in [0.3, 0.4) is 0 Å². The molecule has 0 bridgehead atoms. The fourth-order valence-electron chi connectivity index (χ4n) is 7.99. The summed E-state index contributed by atoms with van der Waals surface area (Å²) >= 11 is 1.86. The van der Waals surface area contributed by atoms with Crippen LogP contribution in [0.25, 0.3) is 85.6 Å². The molecule has 11 aromatic rings. The fraction of sp³-hybridized carbons (Fsp3) is 0. The van der Waals surface area contributed by atoms with Crippen molar-refractivity contribution in [2.24, 2.45) is 0 Å². The van der Waals surface area contributed by atoms with Gasteiger partial charge in [-0.2, -0.15) is 0 Å². The number of fused-ring (bicyclic) bond motifs is 11. The Kier molecular flexibility index (Phi) is 6.16. The molecule has 0 aliphatic heterocycles. The topological polar surface area (TPSA) is 16.4 Å². The largest absolute Gasteiger partial charge is 0.456 e. The third kappa shape index (κ3) is 4.42. The molecule has 0 aliphatic carbocycles. The van der Waals surface area contributed by atoms with Crippen LogP contribution in [0.2, 0.25) is 0 Å². The van der Waals surface area contributed by atoms with Crippen molar-refractivity contribution < 1.29 is 4.42 Å². The maximum absolute atomic E-state index is 6.69. The number of thiophene rings is 1. The van der Waals surface area contributed by atoms with Crippen LogP contribution >= 0.6 is 11.3 Å². The molecule has 0 saturated carbocycles. The molecule has 3 heteroatoms. The maximum atomic E-state index is 6.69. The molecule has 51 heavy (non-hydrogen) atoms. The van der Waals surface area contributed by atoms with Gasteiger partial charge in [0.15, 0.2) is 0 Å². The van der Waals surface area contributed by atoms with Gasteiger partial charge >= 0.3 is 0 Å². The lowest BCUT2D eigenvalue weighted by molar-refractivity contribution is 0.669. The quantitative estimate of drug-likeness (QED) is 0.186. The van der Waals surface area contributed by atoms with Crippen molar-refractivity contribution in [3.05, 3.63) is 176 Å². The molecule has 11 rings (SSSR count). The van der Waals surface area contributed by atoms with E-state index in [0.717, 1.165) is 33.6 Å². The first-order chi connectivity index (χ1) is 25.3. The van der Waals surface area contributed by atoms with Crippen LogP contribution in [0.1, 0.15) is 0 Å². The number of rotatable bonds is 4. The Bertz CT molecular complexity index is 3140. The van der Waals surface area contributed by atoms with Crippen molar-refractivity contribution in [3.63, 3.8) is 0 Å². The smallest absolute Gasteiger partial charge is 0.137 e. The Morgan fingerprint density at radius 1 is 0.392 bits per heavy atom. The van der Waals surface area contributed by atoms with E-state index in [9.17, 15) is 0 Å².